The number of nitrogens with one attached hydrogen (secondary N) is 1. The van der Waals surface area contributed by atoms with Gasteiger partial charge in [0.1, 0.15) is 6.54 Å². The summed E-state index contributed by atoms with van der Waals surface area (Å²) < 4.78 is 4.92. The van der Waals surface area contributed by atoms with Crippen LogP contribution in [0.4, 0.5) is 11.4 Å². The molecule has 0 aliphatic carbocycles. The molecule has 2 aromatic carbocycles. The van der Waals surface area contributed by atoms with E-state index in [1.165, 1.54) is 0 Å². The van der Waals surface area contributed by atoms with Crippen LogP contribution in [0.25, 0.3) is 0 Å². The minimum Gasteiger partial charge on any atom is -0.454 e. The van der Waals surface area contributed by atoms with Crippen LogP contribution < -0.4 is 10.2 Å². The van der Waals surface area contributed by atoms with Gasteiger partial charge in [-0.1, -0.05) is 18.2 Å². The fourth-order valence-corrected chi connectivity index (χ4v) is 2.92. The monoisotopic (exact) mass is 395 g/mol. The molecule has 0 fully saturated rings. The average Bonchev–Trinajstić information content (AvgIpc) is 2.70. The molecule has 0 spiro atoms. The van der Waals surface area contributed by atoms with Crippen LogP contribution in [0, 0.1) is 0 Å². The molecule has 0 atom stereocenters. The van der Waals surface area contributed by atoms with Crippen molar-refractivity contribution in [1.82, 2.24) is 4.90 Å². The molecule has 8 heteroatoms. The van der Waals surface area contributed by atoms with E-state index in [0.29, 0.717) is 16.8 Å². The van der Waals surface area contributed by atoms with E-state index >= 15 is 0 Å². The first-order valence-electron chi connectivity index (χ1n) is 9.00. The van der Waals surface area contributed by atoms with Crippen LogP contribution >= 0.6 is 0 Å². The van der Waals surface area contributed by atoms with E-state index in [-0.39, 0.29) is 6.42 Å². The molecule has 0 aromatic heterocycles. The molecule has 3 rings (SSSR count). The maximum atomic E-state index is 12.4. The highest BCUT2D eigenvalue weighted by atomic mass is 16.5. The number of benzene rings is 2. The Hall–Kier alpha value is -3.68. The second-order valence-electron chi connectivity index (χ2n) is 6.77. The first-order chi connectivity index (χ1) is 13.8. The highest BCUT2D eigenvalue weighted by Crippen LogP contribution is 2.19. The summed E-state index contributed by atoms with van der Waals surface area (Å²) in [4.78, 5) is 51.4. The third-order valence-corrected chi connectivity index (χ3v) is 4.45. The third-order valence-electron chi connectivity index (χ3n) is 4.45. The van der Waals surface area contributed by atoms with Crippen LogP contribution in [0.1, 0.15) is 15.9 Å². The molecule has 1 aliphatic rings. The zero-order valence-corrected chi connectivity index (χ0v) is 16.2. The number of carbonyl (C=O) groups is 4. The summed E-state index contributed by atoms with van der Waals surface area (Å²) >= 11 is 0. The molecule has 0 unspecified atom stereocenters. The topological polar surface area (TPSA) is 96.0 Å². The van der Waals surface area contributed by atoms with Crippen molar-refractivity contribution in [3.8, 4) is 0 Å². The van der Waals surface area contributed by atoms with Crippen LogP contribution in [0.15, 0.2) is 48.5 Å². The molecule has 1 aliphatic heterocycles. The van der Waals surface area contributed by atoms with Crippen LogP contribution in [0.5, 0.6) is 0 Å². The lowest BCUT2D eigenvalue weighted by molar-refractivity contribution is -0.150. The lowest BCUT2D eigenvalue weighted by Crippen LogP contribution is -2.45. The van der Waals surface area contributed by atoms with Crippen molar-refractivity contribution >= 4 is 35.1 Å². The molecule has 0 saturated carbocycles. The SMILES string of the molecule is CN(C)c1ccc(NC(=O)COC(=O)CN2C(=O)Cc3ccccc3C2=O)cc1. The molecular formula is C21H21N3O5. The smallest absolute Gasteiger partial charge is 0.326 e. The molecule has 0 saturated heterocycles. The number of fused-ring (bicyclic) bond motifs is 1. The van der Waals surface area contributed by atoms with Gasteiger partial charge in [0, 0.05) is 31.0 Å². The number of hydrogen-bond donors (Lipinski definition) is 1. The van der Waals surface area contributed by atoms with Gasteiger partial charge in [0.2, 0.25) is 5.91 Å². The molecule has 2 aromatic rings. The summed E-state index contributed by atoms with van der Waals surface area (Å²) in [5.74, 6) is -2.36. The van der Waals surface area contributed by atoms with E-state index in [2.05, 4.69) is 5.32 Å². The summed E-state index contributed by atoms with van der Waals surface area (Å²) in [6, 6.07) is 13.9. The number of anilines is 2. The van der Waals surface area contributed by atoms with Gasteiger partial charge >= 0.3 is 5.97 Å². The number of rotatable bonds is 6. The van der Waals surface area contributed by atoms with Crippen molar-refractivity contribution in [2.75, 3.05) is 37.5 Å². The lowest BCUT2D eigenvalue weighted by atomic mass is 9.98. The fourth-order valence-electron chi connectivity index (χ4n) is 2.92. The summed E-state index contributed by atoms with van der Waals surface area (Å²) in [6.07, 6.45) is 0.0403. The number of nitrogens with zero attached hydrogens (tertiary/aromatic N) is 2. The Kier molecular flexibility index (Phi) is 5.92. The molecule has 29 heavy (non-hydrogen) atoms. The van der Waals surface area contributed by atoms with Crippen molar-refractivity contribution < 1.29 is 23.9 Å². The van der Waals surface area contributed by atoms with Crippen LogP contribution in [-0.4, -0.2) is 55.8 Å². The van der Waals surface area contributed by atoms with E-state index in [1.54, 1.807) is 36.4 Å². The van der Waals surface area contributed by atoms with E-state index < -0.39 is 36.8 Å². The predicted octanol–water partition coefficient (Wildman–Crippen LogP) is 1.46. The Morgan fingerprint density at radius 3 is 2.45 bits per heavy atom. The Balaban J connectivity index is 1.51. The molecule has 8 nitrogen and oxygen atoms in total. The number of amides is 3. The van der Waals surface area contributed by atoms with Crippen molar-refractivity contribution in [1.29, 1.82) is 0 Å². The van der Waals surface area contributed by atoms with Gasteiger partial charge < -0.3 is 15.0 Å². The second kappa shape index (κ2) is 8.55. The summed E-state index contributed by atoms with van der Waals surface area (Å²) in [6.45, 7) is -1.04. The Labute approximate surface area is 168 Å². The average molecular weight is 395 g/mol. The standard InChI is InChI=1S/C21H21N3O5/c1-23(2)16-9-7-15(8-10-16)22-18(25)13-29-20(27)12-24-19(26)11-14-5-3-4-6-17(14)21(24)28/h3-10H,11-13H2,1-2H3,(H,22,25). The normalized spacial score (nSPS) is 13.0. The van der Waals surface area contributed by atoms with E-state index in [1.807, 2.05) is 31.1 Å². The second-order valence-corrected chi connectivity index (χ2v) is 6.77. The van der Waals surface area contributed by atoms with E-state index in [4.69, 9.17) is 4.74 Å². The number of hydrogen-bond acceptors (Lipinski definition) is 6. The first-order valence-corrected chi connectivity index (χ1v) is 9.00. The molecule has 0 bridgehead atoms. The number of carbonyl (C=O) groups excluding carboxylic acids is 4. The fraction of sp³-hybridized carbons (Fsp3) is 0.238. The molecular weight excluding hydrogens is 374 g/mol. The largest absolute Gasteiger partial charge is 0.454 e. The van der Waals surface area contributed by atoms with Gasteiger partial charge in [0.25, 0.3) is 11.8 Å². The number of imide groups is 1. The molecule has 0 radical (unpaired) electrons. The van der Waals surface area contributed by atoms with Gasteiger partial charge in [0.05, 0.1) is 6.42 Å². The summed E-state index contributed by atoms with van der Waals surface area (Å²) in [7, 11) is 3.81. The lowest BCUT2D eigenvalue weighted by Gasteiger charge is -2.25. The van der Waals surface area contributed by atoms with Gasteiger partial charge in [0.15, 0.2) is 6.61 Å². The van der Waals surface area contributed by atoms with Gasteiger partial charge in [-0.25, -0.2) is 0 Å². The third kappa shape index (κ3) is 4.78. The highest BCUT2D eigenvalue weighted by Gasteiger charge is 2.32. The molecule has 1 heterocycles. The van der Waals surface area contributed by atoms with Gasteiger partial charge in [-0.15, -0.1) is 0 Å². The first kappa shape index (κ1) is 20.1. The highest BCUT2D eigenvalue weighted by molar-refractivity contribution is 6.11. The molecule has 1 N–H and O–H groups in total. The zero-order chi connectivity index (χ0) is 21.0. The predicted molar refractivity (Wildman–Crippen MR) is 107 cm³/mol. The van der Waals surface area contributed by atoms with Gasteiger partial charge in [-0.2, -0.15) is 0 Å². The van der Waals surface area contributed by atoms with E-state index in [9.17, 15) is 19.2 Å². The summed E-state index contributed by atoms with van der Waals surface area (Å²) in [5, 5.41) is 2.62. The maximum absolute atomic E-state index is 12.4. The van der Waals surface area contributed by atoms with Crippen LogP contribution in [-0.2, 0) is 25.5 Å². The van der Waals surface area contributed by atoms with E-state index in [0.717, 1.165) is 10.6 Å². The van der Waals surface area contributed by atoms with Crippen LogP contribution in [0.3, 0.4) is 0 Å². The van der Waals surface area contributed by atoms with Crippen molar-refractivity contribution in [2.45, 2.75) is 6.42 Å². The Morgan fingerprint density at radius 1 is 1.07 bits per heavy atom. The Morgan fingerprint density at radius 2 is 1.76 bits per heavy atom. The maximum Gasteiger partial charge on any atom is 0.326 e. The van der Waals surface area contributed by atoms with Crippen molar-refractivity contribution in [3.63, 3.8) is 0 Å². The molecule has 150 valence electrons. The zero-order valence-electron chi connectivity index (χ0n) is 16.2. The minimum atomic E-state index is -0.829. The van der Waals surface area contributed by atoms with Gasteiger partial charge in [-0.3, -0.25) is 24.1 Å². The Bertz CT molecular complexity index is 953. The minimum absolute atomic E-state index is 0.0403. The number of esters is 1. The van der Waals surface area contributed by atoms with Crippen molar-refractivity contribution in [2.24, 2.45) is 0 Å². The van der Waals surface area contributed by atoms with Crippen LogP contribution in [0.2, 0.25) is 0 Å². The van der Waals surface area contributed by atoms with Crippen molar-refractivity contribution in [3.05, 3.63) is 59.7 Å². The summed E-state index contributed by atoms with van der Waals surface area (Å²) in [5.41, 5.74) is 2.56. The number of ether oxygens (including phenoxy) is 1. The molecule has 3 amide bonds. The quantitative estimate of drug-likeness (QED) is 0.588. The van der Waals surface area contributed by atoms with Gasteiger partial charge in [-0.05, 0) is 35.9 Å².